The molecule has 1 aliphatic rings. The lowest BCUT2D eigenvalue weighted by Crippen LogP contribution is -2.23. The molecule has 0 spiro atoms. The van der Waals surface area contributed by atoms with Gasteiger partial charge in [0.15, 0.2) is 0 Å². The van der Waals surface area contributed by atoms with Crippen LogP contribution in [0.1, 0.15) is 36.8 Å². The summed E-state index contributed by atoms with van der Waals surface area (Å²) in [6.07, 6.45) is 5.41. The molecule has 1 saturated carbocycles. The van der Waals surface area contributed by atoms with E-state index in [1.165, 1.54) is 0 Å². The van der Waals surface area contributed by atoms with Crippen LogP contribution in [-0.2, 0) is 24.6 Å². The number of carboxylic acids is 1. The second-order valence-electron chi connectivity index (χ2n) is 10.7. The lowest BCUT2D eigenvalue weighted by atomic mass is 9.82. The minimum Gasteiger partial charge on any atom is -0.481 e. The molecule has 41 heavy (non-hydrogen) atoms. The summed E-state index contributed by atoms with van der Waals surface area (Å²) in [5.41, 5.74) is 4.93. The van der Waals surface area contributed by atoms with E-state index in [9.17, 15) is 9.90 Å². The van der Waals surface area contributed by atoms with Crippen molar-refractivity contribution < 1.29 is 19.4 Å². The maximum atomic E-state index is 11.3. The van der Waals surface area contributed by atoms with Crippen molar-refractivity contribution in [3.8, 4) is 22.9 Å². The lowest BCUT2D eigenvalue weighted by Gasteiger charge is -2.25. The van der Waals surface area contributed by atoms with Gasteiger partial charge in [-0.15, -0.1) is 0 Å². The van der Waals surface area contributed by atoms with E-state index in [0.29, 0.717) is 30.9 Å². The number of hydrogen-bond donors (Lipinski definition) is 1. The first-order valence-corrected chi connectivity index (χ1v) is 14.2. The first kappa shape index (κ1) is 26.6. The molecule has 0 aliphatic heterocycles. The molecular formula is C34H33N3O4. The highest BCUT2D eigenvalue weighted by Crippen LogP contribution is 2.34. The molecule has 2 heterocycles. The van der Waals surface area contributed by atoms with Gasteiger partial charge in [0.05, 0.1) is 11.4 Å². The van der Waals surface area contributed by atoms with Crippen molar-refractivity contribution in [1.82, 2.24) is 14.8 Å². The quantitative estimate of drug-likeness (QED) is 0.200. The van der Waals surface area contributed by atoms with Crippen molar-refractivity contribution in [3.05, 3.63) is 108 Å². The van der Waals surface area contributed by atoms with E-state index >= 15 is 0 Å². The molecular weight excluding hydrogens is 514 g/mol. The van der Waals surface area contributed by atoms with Crippen LogP contribution < -0.4 is 9.47 Å². The molecule has 0 bridgehead atoms. The molecule has 1 fully saturated rings. The van der Waals surface area contributed by atoms with Gasteiger partial charge in [-0.1, -0.05) is 66.7 Å². The standard InChI is InChI=1S/C34H33N3O4/c38-34(39)27-13-11-24(12-14-27)20-37-21-29-19-28(15-17-31(29)36-37)30-16-18-32(40-22-25-7-3-1-4-8-25)35-33(30)41-23-26-9-5-2-6-10-26/h1-10,15-19,21,24,27H,11-14,20,22-23H2,(H,38,39)/t24-,27-. The highest BCUT2D eigenvalue weighted by molar-refractivity contribution is 5.85. The van der Waals surface area contributed by atoms with Crippen LogP contribution in [0.25, 0.3) is 22.0 Å². The highest BCUT2D eigenvalue weighted by atomic mass is 16.5. The third-order valence-corrected chi connectivity index (χ3v) is 7.79. The molecule has 2 aromatic heterocycles. The molecule has 0 unspecified atom stereocenters. The molecule has 1 N–H and O–H groups in total. The van der Waals surface area contributed by atoms with Gasteiger partial charge in [0.25, 0.3) is 0 Å². The number of rotatable bonds is 10. The van der Waals surface area contributed by atoms with Crippen LogP contribution in [0.3, 0.4) is 0 Å². The number of aliphatic carboxylic acids is 1. The fourth-order valence-corrected chi connectivity index (χ4v) is 5.49. The fourth-order valence-electron chi connectivity index (χ4n) is 5.49. The van der Waals surface area contributed by atoms with Gasteiger partial charge in [-0.25, -0.2) is 0 Å². The number of ether oxygens (including phenoxy) is 2. The van der Waals surface area contributed by atoms with Crippen molar-refractivity contribution >= 4 is 16.9 Å². The largest absolute Gasteiger partial charge is 0.481 e. The number of benzene rings is 3. The number of fused-ring (bicyclic) bond motifs is 1. The summed E-state index contributed by atoms with van der Waals surface area (Å²) in [6, 6.07) is 30.1. The first-order chi connectivity index (χ1) is 20.1. The zero-order valence-electron chi connectivity index (χ0n) is 22.9. The smallest absolute Gasteiger partial charge is 0.306 e. The second kappa shape index (κ2) is 12.3. The predicted octanol–water partition coefficient (Wildman–Crippen LogP) is 7.15. The van der Waals surface area contributed by atoms with Gasteiger partial charge in [-0.3, -0.25) is 9.48 Å². The monoisotopic (exact) mass is 547 g/mol. The Labute approximate surface area is 239 Å². The SMILES string of the molecule is O=C(O)[C@H]1CC[C@H](Cn2cc3cc(-c4ccc(OCc5ccccc5)nc4OCc4ccccc4)ccc3n2)CC1. The second-order valence-corrected chi connectivity index (χ2v) is 10.7. The first-order valence-electron chi connectivity index (χ1n) is 14.2. The van der Waals surface area contributed by atoms with Gasteiger partial charge in [0.2, 0.25) is 11.8 Å². The minimum atomic E-state index is -0.668. The average Bonchev–Trinajstić information content (AvgIpc) is 3.42. The Morgan fingerprint density at radius 1 is 0.829 bits per heavy atom. The number of carboxylic acid groups (broad SMARTS) is 1. The number of hydrogen-bond acceptors (Lipinski definition) is 5. The molecule has 7 nitrogen and oxygen atoms in total. The zero-order chi connectivity index (χ0) is 28.0. The van der Waals surface area contributed by atoms with E-state index in [1.54, 1.807) is 0 Å². The molecule has 0 atom stereocenters. The molecule has 0 amide bonds. The Morgan fingerprint density at radius 2 is 1.51 bits per heavy atom. The van der Waals surface area contributed by atoms with Crippen molar-refractivity contribution in [2.75, 3.05) is 0 Å². The van der Waals surface area contributed by atoms with Gasteiger partial charge < -0.3 is 14.6 Å². The summed E-state index contributed by atoms with van der Waals surface area (Å²) in [5, 5.41) is 15.1. The highest BCUT2D eigenvalue weighted by Gasteiger charge is 2.26. The Kier molecular flexibility index (Phi) is 7.94. The van der Waals surface area contributed by atoms with Crippen molar-refractivity contribution in [1.29, 1.82) is 0 Å². The van der Waals surface area contributed by atoms with E-state index in [1.807, 2.05) is 83.5 Å². The lowest BCUT2D eigenvalue weighted by molar-refractivity contribution is -0.143. The third-order valence-electron chi connectivity index (χ3n) is 7.79. The maximum Gasteiger partial charge on any atom is 0.306 e. The van der Waals surface area contributed by atoms with Crippen LogP contribution >= 0.6 is 0 Å². The van der Waals surface area contributed by atoms with Gasteiger partial charge in [-0.05, 0) is 66.5 Å². The van der Waals surface area contributed by atoms with Crippen molar-refractivity contribution in [2.45, 2.75) is 45.4 Å². The summed E-state index contributed by atoms with van der Waals surface area (Å²) in [5.74, 6) is 0.601. The molecule has 0 radical (unpaired) electrons. The summed E-state index contributed by atoms with van der Waals surface area (Å²) in [4.78, 5) is 16.0. The van der Waals surface area contributed by atoms with E-state index in [4.69, 9.17) is 19.6 Å². The summed E-state index contributed by atoms with van der Waals surface area (Å²) in [6.45, 7) is 1.62. The van der Waals surface area contributed by atoms with Gasteiger partial charge >= 0.3 is 5.97 Å². The number of carbonyl (C=O) groups is 1. The molecule has 5 aromatic rings. The van der Waals surface area contributed by atoms with Crippen LogP contribution in [0.2, 0.25) is 0 Å². The summed E-state index contributed by atoms with van der Waals surface area (Å²) in [7, 11) is 0. The number of nitrogens with zero attached hydrogens (tertiary/aromatic N) is 3. The van der Waals surface area contributed by atoms with E-state index in [0.717, 1.165) is 65.4 Å². The van der Waals surface area contributed by atoms with Crippen LogP contribution in [0, 0.1) is 11.8 Å². The normalized spacial score (nSPS) is 16.9. The van der Waals surface area contributed by atoms with Crippen LogP contribution in [-0.4, -0.2) is 25.8 Å². The third kappa shape index (κ3) is 6.57. The average molecular weight is 548 g/mol. The molecule has 1 aliphatic carbocycles. The molecule has 7 heteroatoms. The summed E-state index contributed by atoms with van der Waals surface area (Å²) < 4.78 is 14.3. The zero-order valence-corrected chi connectivity index (χ0v) is 22.9. The van der Waals surface area contributed by atoms with E-state index in [-0.39, 0.29) is 5.92 Å². The topological polar surface area (TPSA) is 86.5 Å². The Balaban J connectivity index is 1.22. The van der Waals surface area contributed by atoms with E-state index in [2.05, 4.69) is 18.3 Å². The molecule has 208 valence electrons. The maximum absolute atomic E-state index is 11.3. The van der Waals surface area contributed by atoms with Crippen molar-refractivity contribution in [2.24, 2.45) is 11.8 Å². The van der Waals surface area contributed by atoms with Crippen LogP contribution in [0.4, 0.5) is 0 Å². The van der Waals surface area contributed by atoms with Gasteiger partial charge in [0, 0.05) is 29.8 Å². The number of pyridine rings is 1. The van der Waals surface area contributed by atoms with E-state index < -0.39 is 5.97 Å². The summed E-state index contributed by atoms with van der Waals surface area (Å²) >= 11 is 0. The predicted molar refractivity (Wildman–Crippen MR) is 158 cm³/mol. The Morgan fingerprint density at radius 3 is 2.20 bits per heavy atom. The fraction of sp³-hybridized carbons (Fsp3) is 0.265. The van der Waals surface area contributed by atoms with Gasteiger partial charge in [-0.2, -0.15) is 10.1 Å². The van der Waals surface area contributed by atoms with Crippen LogP contribution in [0.5, 0.6) is 11.8 Å². The molecule has 0 saturated heterocycles. The molecule has 6 rings (SSSR count). The molecule has 3 aromatic carbocycles. The van der Waals surface area contributed by atoms with Crippen LogP contribution in [0.15, 0.2) is 97.2 Å². The van der Waals surface area contributed by atoms with Crippen molar-refractivity contribution in [3.63, 3.8) is 0 Å². The Hall–Kier alpha value is -4.65. The van der Waals surface area contributed by atoms with Gasteiger partial charge in [0.1, 0.15) is 13.2 Å². The Bertz CT molecular complexity index is 1610. The minimum absolute atomic E-state index is 0.201. The number of aromatic nitrogens is 3.